The fourth-order valence-corrected chi connectivity index (χ4v) is 5.65. The molecule has 1 amide bonds. The van der Waals surface area contributed by atoms with Gasteiger partial charge in [0.1, 0.15) is 10.7 Å². The molecule has 2 aliphatic rings. The summed E-state index contributed by atoms with van der Waals surface area (Å²) in [5, 5.41) is 0. The van der Waals surface area contributed by atoms with Gasteiger partial charge in [0.15, 0.2) is 0 Å². The molecule has 0 bridgehead atoms. The molecule has 2 aromatic rings. The molecule has 0 unspecified atom stereocenters. The first kappa shape index (κ1) is 21.3. The molecule has 6 nitrogen and oxygen atoms in total. The van der Waals surface area contributed by atoms with Crippen molar-refractivity contribution < 1.29 is 13.2 Å². The zero-order valence-electron chi connectivity index (χ0n) is 17.9. The predicted molar refractivity (Wildman–Crippen MR) is 123 cm³/mol. The lowest BCUT2D eigenvalue weighted by atomic mass is 10.1. The number of hydrogen-bond donors (Lipinski definition) is 0. The summed E-state index contributed by atoms with van der Waals surface area (Å²) in [6, 6.07) is 16.9. The second-order valence-electron chi connectivity index (χ2n) is 7.89. The average Bonchev–Trinajstić information content (AvgIpc) is 2.93. The van der Waals surface area contributed by atoms with E-state index in [9.17, 15) is 13.2 Å². The molecule has 7 heteroatoms. The standard InChI is InChI=1S/C24H27N3O3S/c1-3-19-10-12-20(13-11-19)22-18(2)23(25-31(22,29)30)26-14-7-15-27(17-16-26)24(28)21-8-5-4-6-9-21/h4-6,8-13H,3,7,14-17H2,1-2H3. The Balaban J connectivity index is 1.55. The minimum absolute atomic E-state index is 0.00685. The summed E-state index contributed by atoms with van der Waals surface area (Å²) in [5.41, 5.74) is 3.18. The predicted octanol–water partition coefficient (Wildman–Crippen LogP) is 3.57. The molecule has 0 spiro atoms. The normalized spacial score (nSPS) is 18.7. The van der Waals surface area contributed by atoms with Gasteiger partial charge in [-0.3, -0.25) is 4.79 Å². The topological polar surface area (TPSA) is 70.0 Å². The van der Waals surface area contributed by atoms with Crippen molar-refractivity contribution in [3.05, 3.63) is 76.9 Å². The number of benzene rings is 2. The molecule has 162 valence electrons. The molecule has 0 N–H and O–H groups in total. The second-order valence-corrected chi connectivity index (χ2v) is 9.43. The summed E-state index contributed by atoms with van der Waals surface area (Å²) in [5.74, 6) is 0.510. The number of carbonyl (C=O) groups is 1. The SMILES string of the molecule is CCc1ccc(C2=C(C)C(N3CCCN(C(=O)c4ccccc4)CC3)=NS2(=O)=O)cc1. The van der Waals surface area contributed by atoms with Crippen LogP contribution < -0.4 is 0 Å². The van der Waals surface area contributed by atoms with Crippen LogP contribution in [0.3, 0.4) is 0 Å². The summed E-state index contributed by atoms with van der Waals surface area (Å²) in [4.78, 5) is 16.9. The van der Waals surface area contributed by atoms with Gasteiger partial charge in [0.25, 0.3) is 15.9 Å². The first-order chi connectivity index (χ1) is 14.9. The number of rotatable bonds is 3. The Kier molecular flexibility index (Phi) is 5.96. The van der Waals surface area contributed by atoms with Gasteiger partial charge in [-0.1, -0.05) is 49.4 Å². The number of carbonyl (C=O) groups excluding carboxylic acids is 1. The maximum atomic E-state index is 12.9. The van der Waals surface area contributed by atoms with Gasteiger partial charge in [-0.15, -0.1) is 4.40 Å². The monoisotopic (exact) mass is 437 g/mol. The van der Waals surface area contributed by atoms with Crippen LogP contribution in [0.1, 0.15) is 41.8 Å². The molecule has 4 rings (SSSR count). The van der Waals surface area contributed by atoms with Crippen LogP contribution in [0.15, 0.2) is 64.6 Å². The molecule has 0 aromatic heterocycles. The van der Waals surface area contributed by atoms with Crippen molar-refractivity contribution in [1.29, 1.82) is 0 Å². The van der Waals surface area contributed by atoms with Crippen molar-refractivity contribution in [3.63, 3.8) is 0 Å². The number of nitrogens with zero attached hydrogens (tertiary/aromatic N) is 3. The second kappa shape index (κ2) is 8.67. The number of amidine groups is 1. The van der Waals surface area contributed by atoms with Crippen molar-refractivity contribution in [2.75, 3.05) is 26.2 Å². The van der Waals surface area contributed by atoms with E-state index < -0.39 is 10.0 Å². The Bertz CT molecular complexity index is 1140. The Morgan fingerprint density at radius 1 is 0.968 bits per heavy atom. The van der Waals surface area contributed by atoms with Crippen LogP contribution in [0.25, 0.3) is 4.91 Å². The highest BCUT2D eigenvalue weighted by atomic mass is 32.2. The average molecular weight is 438 g/mol. The highest BCUT2D eigenvalue weighted by Gasteiger charge is 2.34. The van der Waals surface area contributed by atoms with Gasteiger partial charge < -0.3 is 9.80 Å². The highest BCUT2D eigenvalue weighted by Crippen LogP contribution is 2.34. The Morgan fingerprint density at radius 3 is 2.35 bits per heavy atom. The van der Waals surface area contributed by atoms with E-state index in [0.29, 0.717) is 48.7 Å². The van der Waals surface area contributed by atoms with Gasteiger partial charge in [-0.05, 0) is 43.0 Å². The first-order valence-corrected chi connectivity index (χ1v) is 12.1. The van der Waals surface area contributed by atoms with E-state index in [2.05, 4.69) is 11.3 Å². The third-order valence-electron chi connectivity index (χ3n) is 5.87. The Morgan fingerprint density at radius 2 is 1.68 bits per heavy atom. The molecule has 2 heterocycles. The van der Waals surface area contributed by atoms with E-state index in [1.165, 1.54) is 0 Å². The van der Waals surface area contributed by atoms with Gasteiger partial charge in [0.05, 0.1) is 0 Å². The van der Waals surface area contributed by atoms with Gasteiger partial charge in [-0.2, -0.15) is 8.42 Å². The minimum atomic E-state index is -3.75. The third-order valence-corrected chi connectivity index (χ3v) is 7.34. The zero-order chi connectivity index (χ0) is 22.0. The number of amides is 1. The maximum absolute atomic E-state index is 12.9. The maximum Gasteiger partial charge on any atom is 0.285 e. The van der Waals surface area contributed by atoms with Crippen LogP contribution in [0.4, 0.5) is 0 Å². The lowest BCUT2D eigenvalue weighted by Gasteiger charge is -2.23. The molecular weight excluding hydrogens is 410 g/mol. The van der Waals surface area contributed by atoms with Crippen LogP contribution in [-0.4, -0.2) is 56.1 Å². The molecular formula is C24H27N3O3S. The number of aryl methyl sites for hydroxylation is 1. The van der Waals surface area contributed by atoms with Crippen LogP contribution in [0, 0.1) is 0 Å². The molecule has 0 aliphatic carbocycles. The lowest BCUT2D eigenvalue weighted by molar-refractivity contribution is 0.0764. The van der Waals surface area contributed by atoms with E-state index in [1.807, 2.05) is 71.3 Å². The molecule has 0 saturated carbocycles. The minimum Gasteiger partial charge on any atom is -0.354 e. The molecule has 0 atom stereocenters. The molecule has 31 heavy (non-hydrogen) atoms. The van der Waals surface area contributed by atoms with Gasteiger partial charge in [-0.25, -0.2) is 0 Å². The summed E-state index contributed by atoms with van der Waals surface area (Å²) >= 11 is 0. The van der Waals surface area contributed by atoms with E-state index in [4.69, 9.17) is 0 Å². The van der Waals surface area contributed by atoms with E-state index in [0.717, 1.165) is 18.4 Å². The van der Waals surface area contributed by atoms with E-state index in [-0.39, 0.29) is 10.8 Å². The third kappa shape index (κ3) is 4.28. The summed E-state index contributed by atoms with van der Waals surface area (Å²) in [6.45, 7) is 6.26. The highest BCUT2D eigenvalue weighted by molar-refractivity contribution is 8.00. The van der Waals surface area contributed by atoms with Crippen molar-refractivity contribution in [2.45, 2.75) is 26.7 Å². The Hall–Kier alpha value is -2.93. The van der Waals surface area contributed by atoms with Crippen LogP contribution >= 0.6 is 0 Å². The van der Waals surface area contributed by atoms with Crippen molar-refractivity contribution in [1.82, 2.24) is 9.80 Å². The smallest absolute Gasteiger partial charge is 0.285 e. The molecule has 2 aromatic carbocycles. The van der Waals surface area contributed by atoms with Crippen molar-refractivity contribution >= 4 is 26.7 Å². The number of sulfonamides is 1. The summed E-state index contributed by atoms with van der Waals surface area (Å²) < 4.78 is 29.9. The Labute approximate surface area is 184 Å². The van der Waals surface area contributed by atoms with Gasteiger partial charge >= 0.3 is 0 Å². The van der Waals surface area contributed by atoms with E-state index in [1.54, 1.807) is 0 Å². The zero-order valence-corrected chi connectivity index (χ0v) is 18.7. The fraction of sp³-hybridized carbons (Fsp3) is 0.333. The summed E-state index contributed by atoms with van der Waals surface area (Å²) in [6.07, 6.45) is 1.66. The summed E-state index contributed by atoms with van der Waals surface area (Å²) in [7, 11) is -3.75. The van der Waals surface area contributed by atoms with Gasteiger partial charge in [0, 0.05) is 37.3 Å². The van der Waals surface area contributed by atoms with Crippen molar-refractivity contribution in [2.24, 2.45) is 4.40 Å². The van der Waals surface area contributed by atoms with Crippen LogP contribution in [-0.2, 0) is 16.4 Å². The molecule has 1 fully saturated rings. The van der Waals surface area contributed by atoms with E-state index >= 15 is 0 Å². The fourth-order valence-electron chi connectivity index (χ4n) is 4.17. The molecule has 1 saturated heterocycles. The van der Waals surface area contributed by atoms with Crippen LogP contribution in [0.2, 0.25) is 0 Å². The molecule has 2 aliphatic heterocycles. The van der Waals surface area contributed by atoms with Crippen molar-refractivity contribution in [3.8, 4) is 0 Å². The van der Waals surface area contributed by atoms with Gasteiger partial charge in [0.2, 0.25) is 0 Å². The number of hydrogen-bond acceptors (Lipinski definition) is 4. The van der Waals surface area contributed by atoms with Crippen LogP contribution in [0.5, 0.6) is 0 Å². The quantitative estimate of drug-likeness (QED) is 0.736. The molecule has 0 radical (unpaired) electrons. The first-order valence-electron chi connectivity index (χ1n) is 10.7. The lowest BCUT2D eigenvalue weighted by Crippen LogP contribution is -2.37. The largest absolute Gasteiger partial charge is 0.354 e.